The van der Waals surface area contributed by atoms with Gasteiger partial charge in [-0.2, -0.15) is 0 Å². The second-order valence-corrected chi connectivity index (χ2v) is 4.80. The maximum atomic E-state index is 12.9. The largest absolute Gasteiger partial charge is 0.310 e. The molecular formula is C12H15ClFN. The highest BCUT2D eigenvalue weighted by Crippen LogP contribution is 2.27. The fourth-order valence-corrected chi connectivity index (χ4v) is 2.19. The summed E-state index contributed by atoms with van der Waals surface area (Å²) in [6, 6.07) is 5.07. The van der Waals surface area contributed by atoms with Gasteiger partial charge >= 0.3 is 0 Å². The van der Waals surface area contributed by atoms with E-state index in [4.69, 9.17) is 11.6 Å². The van der Waals surface area contributed by atoms with Gasteiger partial charge in [0.15, 0.2) is 0 Å². The van der Waals surface area contributed by atoms with Gasteiger partial charge in [0.2, 0.25) is 0 Å². The molecule has 82 valence electrons. The van der Waals surface area contributed by atoms with Crippen LogP contribution in [0.4, 0.5) is 4.39 Å². The van der Waals surface area contributed by atoms with Crippen LogP contribution in [0, 0.1) is 11.7 Å². The van der Waals surface area contributed by atoms with E-state index in [0.717, 1.165) is 11.5 Å². The SMILES string of the molecule is CC1CC(NCc2cc(F)ccc2Cl)C1. The van der Waals surface area contributed by atoms with Crippen LogP contribution in [-0.4, -0.2) is 6.04 Å². The molecule has 0 bridgehead atoms. The van der Waals surface area contributed by atoms with Crippen LogP contribution in [0.25, 0.3) is 0 Å². The minimum absolute atomic E-state index is 0.224. The third kappa shape index (κ3) is 2.70. The molecule has 1 nitrogen and oxygen atoms in total. The number of hydrogen-bond acceptors (Lipinski definition) is 1. The van der Waals surface area contributed by atoms with Crippen molar-refractivity contribution < 1.29 is 4.39 Å². The molecule has 0 aliphatic heterocycles. The van der Waals surface area contributed by atoms with Gasteiger partial charge < -0.3 is 5.32 Å². The molecule has 3 heteroatoms. The first-order chi connectivity index (χ1) is 7.15. The lowest BCUT2D eigenvalue weighted by molar-refractivity contribution is 0.240. The van der Waals surface area contributed by atoms with Crippen molar-refractivity contribution in [2.75, 3.05) is 0 Å². The molecule has 0 heterocycles. The molecule has 1 aliphatic carbocycles. The van der Waals surface area contributed by atoms with E-state index in [0.29, 0.717) is 17.6 Å². The van der Waals surface area contributed by atoms with Crippen molar-refractivity contribution >= 4 is 11.6 Å². The van der Waals surface area contributed by atoms with Gasteiger partial charge in [-0.05, 0) is 42.5 Å². The second kappa shape index (κ2) is 4.50. The average Bonchev–Trinajstić information content (AvgIpc) is 2.16. The van der Waals surface area contributed by atoms with E-state index in [1.807, 2.05) is 0 Å². The zero-order valence-corrected chi connectivity index (χ0v) is 9.52. The first kappa shape index (κ1) is 10.9. The summed E-state index contributed by atoms with van der Waals surface area (Å²) in [4.78, 5) is 0. The molecule has 0 atom stereocenters. The summed E-state index contributed by atoms with van der Waals surface area (Å²) in [5.41, 5.74) is 0.844. The number of rotatable bonds is 3. The number of nitrogens with one attached hydrogen (secondary N) is 1. The Labute approximate surface area is 94.6 Å². The number of hydrogen-bond donors (Lipinski definition) is 1. The van der Waals surface area contributed by atoms with Crippen LogP contribution in [-0.2, 0) is 6.54 Å². The van der Waals surface area contributed by atoms with Crippen molar-refractivity contribution in [3.63, 3.8) is 0 Å². The molecule has 1 aliphatic rings. The Morgan fingerprint density at radius 1 is 1.47 bits per heavy atom. The van der Waals surface area contributed by atoms with Gasteiger partial charge in [0.25, 0.3) is 0 Å². The molecule has 1 aromatic carbocycles. The van der Waals surface area contributed by atoms with Crippen molar-refractivity contribution in [2.24, 2.45) is 5.92 Å². The monoisotopic (exact) mass is 227 g/mol. The van der Waals surface area contributed by atoms with E-state index in [1.54, 1.807) is 6.07 Å². The van der Waals surface area contributed by atoms with E-state index in [2.05, 4.69) is 12.2 Å². The maximum Gasteiger partial charge on any atom is 0.123 e. The van der Waals surface area contributed by atoms with E-state index < -0.39 is 0 Å². The third-order valence-electron chi connectivity index (χ3n) is 2.96. The summed E-state index contributed by atoms with van der Waals surface area (Å²) in [5.74, 6) is 0.601. The minimum Gasteiger partial charge on any atom is -0.310 e. The molecule has 0 amide bonds. The van der Waals surface area contributed by atoms with Crippen LogP contribution in [0.5, 0.6) is 0 Å². The molecule has 1 N–H and O–H groups in total. The lowest BCUT2D eigenvalue weighted by Gasteiger charge is -2.33. The van der Waals surface area contributed by atoms with E-state index in [-0.39, 0.29) is 5.82 Å². The molecule has 1 fully saturated rings. The van der Waals surface area contributed by atoms with Crippen molar-refractivity contribution in [2.45, 2.75) is 32.4 Å². The normalized spacial score (nSPS) is 25.0. The smallest absolute Gasteiger partial charge is 0.123 e. The highest BCUT2D eigenvalue weighted by molar-refractivity contribution is 6.31. The summed E-state index contributed by atoms with van der Waals surface area (Å²) in [6.45, 7) is 2.90. The summed E-state index contributed by atoms with van der Waals surface area (Å²) in [5, 5.41) is 4.02. The second-order valence-electron chi connectivity index (χ2n) is 4.39. The predicted molar refractivity (Wildman–Crippen MR) is 60.4 cm³/mol. The Morgan fingerprint density at radius 2 is 2.20 bits per heavy atom. The standard InChI is InChI=1S/C12H15ClFN/c1-8-4-11(5-8)15-7-9-6-10(14)2-3-12(9)13/h2-3,6,8,11,15H,4-5,7H2,1H3. The van der Waals surface area contributed by atoms with Crippen molar-refractivity contribution in [3.8, 4) is 0 Å². The first-order valence-corrected chi connectivity index (χ1v) is 5.70. The molecule has 1 saturated carbocycles. The van der Waals surface area contributed by atoms with Gasteiger partial charge in [0, 0.05) is 17.6 Å². The highest BCUT2D eigenvalue weighted by atomic mass is 35.5. The van der Waals surface area contributed by atoms with Crippen LogP contribution in [0.3, 0.4) is 0 Å². The molecule has 1 aromatic rings. The van der Waals surface area contributed by atoms with Crippen molar-refractivity contribution in [1.29, 1.82) is 0 Å². The topological polar surface area (TPSA) is 12.0 Å². The fraction of sp³-hybridized carbons (Fsp3) is 0.500. The van der Waals surface area contributed by atoms with Crippen LogP contribution in [0.15, 0.2) is 18.2 Å². The summed E-state index contributed by atoms with van der Waals surface area (Å²) >= 11 is 5.96. The maximum absolute atomic E-state index is 12.9. The van der Waals surface area contributed by atoms with Crippen LogP contribution >= 0.6 is 11.6 Å². The van der Waals surface area contributed by atoms with E-state index >= 15 is 0 Å². The Hall–Kier alpha value is -0.600. The Kier molecular flexibility index (Phi) is 3.27. The van der Waals surface area contributed by atoms with Gasteiger partial charge in [0.05, 0.1) is 0 Å². The Bertz CT molecular complexity index is 347. The van der Waals surface area contributed by atoms with Crippen LogP contribution < -0.4 is 5.32 Å². The summed E-state index contributed by atoms with van der Waals surface area (Å²) in [7, 11) is 0. The Balaban J connectivity index is 1.90. The van der Waals surface area contributed by atoms with Gasteiger partial charge in [-0.15, -0.1) is 0 Å². The molecule has 0 radical (unpaired) electrons. The summed E-state index contributed by atoms with van der Waals surface area (Å²) < 4.78 is 12.9. The number of benzene rings is 1. The predicted octanol–water partition coefficient (Wildman–Crippen LogP) is 3.37. The van der Waals surface area contributed by atoms with Gasteiger partial charge in [0.1, 0.15) is 5.82 Å². The summed E-state index contributed by atoms with van der Waals surface area (Å²) in [6.07, 6.45) is 2.43. The zero-order valence-electron chi connectivity index (χ0n) is 8.76. The first-order valence-electron chi connectivity index (χ1n) is 5.32. The highest BCUT2D eigenvalue weighted by Gasteiger charge is 2.24. The average molecular weight is 228 g/mol. The lowest BCUT2D eigenvalue weighted by Crippen LogP contribution is -2.39. The molecule has 15 heavy (non-hydrogen) atoms. The van der Waals surface area contributed by atoms with Gasteiger partial charge in [-0.25, -0.2) is 4.39 Å². The lowest BCUT2D eigenvalue weighted by atomic mass is 9.82. The Morgan fingerprint density at radius 3 is 2.87 bits per heavy atom. The quantitative estimate of drug-likeness (QED) is 0.835. The van der Waals surface area contributed by atoms with E-state index in [9.17, 15) is 4.39 Å². The molecule has 2 rings (SSSR count). The fourth-order valence-electron chi connectivity index (χ4n) is 2.00. The molecule has 0 saturated heterocycles. The minimum atomic E-state index is -0.224. The van der Waals surface area contributed by atoms with Gasteiger partial charge in [-0.3, -0.25) is 0 Å². The van der Waals surface area contributed by atoms with Crippen molar-refractivity contribution in [3.05, 3.63) is 34.6 Å². The molecular weight excluding hydrogens is 213 g/mol. The molecule has 0 spiro atoms. The third-order valence-corrected chi connectivity index (χ3v) is 3.33. The number of halogens is 2. The van der Waals surface area contributed by atoms with Crippen molar-refractivity contribution in [1.82, 2.24) is 5.32 Å². The molecule has 0 unspecified atom stereocenters. The molecule has 0 aromatic heterocycles. The van der Waals surface area contributed by atoms with Gasteiger partial charge in [-0.1, -0.05) is 18.5 Å². The van der Waals surface area contributed by atoms with E-state index in [1.165, 1.54) is 25.0 Å². The zero-order chi connectivity index (χ0) is 10.8. The van der Waals surface area contributed by atoms with Crippen LogP contribution in [0.1, 0.15) is 25.3 Å². The van der Waals surface area contributed by atoms with Crippen LogP contribution in [0.2, 0.25) is 5.02 Å².